The summed E-state index contributed by atoms with van der Waals surface area (Å²) in [4.78, 5) is 0. The van der Waals surface area contributed by atoms with E-state index in [2.05, 4.69) is 26.1 Å². The van der Waals surface area contributed by atoms with E-state index < -0.39 is 0 Å². The molecular formula is C13H27NO. The summed E-state index contributed by atoms with van der Waals surface area (Å²) < 4.78 is 5.57. The van der Waals surface area contributed by atoms with Crippen molar-refractivity contribution in [2.45, 2.75) is 77.5 Å². The Labute approximate surface area is 94.8 Å². The van der Waals surface area contributed by atoms with Crippen molar-refractivity contribution in [2.75, 3.05) is 6.61 Å². The molecule has 0 amide bonds. The summed E-state index contributed by atoms with van der Waals surface area (Å²) in [5.74, 6) is 0. The van der Waals surface area contributed by atoms with Gasteiger partial charge in [0.15, 0.2) is 0 Å². The quantitative estimate of drug-likeness (QED) is 0.669. The van der Waals surface area contributed by atoms with Crippen LogP contribution in [-0.2, 0) is 4.74 Å². The van der Waals surface area contributed by atoms with Gasteiger partial charge in [0.2, 0.25) is 0 Å². The van der Waals surface area contributed by atoms with Gasteiger partial charge in [-0.15, -0.1) is 0 Å². The summed E-state index contributed by atoms with van der Waals surface area (Å²) >= 11 is 0. The molecule has 90 valence electrons. The molecule has 0 aromatic heterocycles. The molecule has 1 rings (SSSR count). The lowest BCUT2D eigenvalue weighted by atomic mass is 9.88. The maximum Gasteiger partial charge on any atom is 0.0604 e. The lowest BCUT2D eigenvalue weighted by molar-refractivity contribution is -0.0128. The second-order valence-electron chi connectivity index (χ2n) is 4.69. The van der Waals surface area contributed by atoms with E-state index in [4.69, 9.17) is 4.74 Å². The van der Waals surface area contributed by atoms with Crippen molar-refractivity contribution in [3.63, 3.8) is 0 Å². The van der Waals surface area contributed by atoms with Gasteiger partial charge in [0.1, 0.15) is 0 Å². The normalized spacial score (nSPS) is 25.6. The smallest absolute Gasteiger partial charge is 0.0604 e. The van der Waals surface area contributed by atoms with E-state index in [-0.39, 0.29) is 0 Å². The van der Waals surface area contributed by atoms with Crippen LogP contribution in [0.4, 0.5) is 0 Å². The molecule has 1 aliphatic carbocycles. The molecule has 2 nitrogen and oxygen atoms in total. The summed E-state index contributed by atoms with van der Waals surface area (Å²) in [5.41, 5.74) is 0. The highest BCUT2D eigenvalue weighted by Gasteiger charge is 2.30. The number of rotatable bonds is 8. The molecule has 0 saturated heterocycles. The lowest BCUT2D eigenvalue weighted by Crippen LogP contribution is -2.49. The first-order chi connectivity index (χ1) is 7.30. The number of nitrogens with one attached hydrogen (secondary N) is 1. The Hall–Kier alpha value is -0.0800. The standard InChI is InChI=1S/C13H27NO/c1-4-7-11(8-5-2)14-12-9-13(10-12)15-6-3/h11-14H,4-10H2,1-3H3. The molecule has 0 bridgehead atoms. The van der Waals surface area contributed by atoms with Gasteiger partial charge in [0, 0.05) is 18.7 Å². The van der Waals surface area contributed by atoms with E-state index in [0.29, 0.717) is 6.10 Å². The van der Waals surface area contributed by atoms with Crippen LogP contribution in [0.15, 0.2) is 0 Å². The molecule has 1 aliphatic rings. The van der Waals surface area contributed by atoms with Gasteiger partial charge in [-0.25, -0.2) is 0 Å². The molecule has 1 fully saturated rings. The molecule has 0 radical (unpaired) electrons. The Balaban J connectivity index is 2.11. The number of ether oxygens (including phenoxy) is 1. The predicted octanol–water partition coefficient (Wildman–Crippen LogP) is 3.11. The SMILES string of the molecule is CCCC(CCC)NC1CC(OCC)C1. The Kier molecular flexibility index (Phi) is 6.26. The first-order valence-corrected chi connectivity index (χ1v) is 6.67. The Bertz CT molecular complexity index is 149. The van der Waals surface area contributed by atoms with E-state index in [1.54, 1.807) is 0 Å². The second kappa shape index (κ2) is 7.24. The monoisotopic (exact) mass is 213 g/mol. The van der Waals surface area contributed by atoms with Gasteiger partial charge in [-0.05, 0) is 32.6 Å². The highest BCUT2D eigenvalue weighted by molar-refractivity contribution is 4.88. The van der Waals surface area contributed by atoms with Crippen molar-refractivity contribution in [1.82, 2.24) is 5.32 Å². The van der Waals surface area contributed by atoms with Crippen LogP contribution in [0.25, 0.3) is 0 Å². The van der Waals surface area contributed by atoms with Crippen LogP contribution >= 0.6 is 0 Å². The minimum absolute atomic E-state index is 0.538. The van der Waals surface area contributed by atoms with Gasteiger partial charge in [-0.2, -0.15) is 0 Å². The van der Waals surface area contributed by atoms with Crippen LogP contribution in [0.3, 0.4) is 0 Å². The zero-order valence-electron chi connectivity index (χ0n) is 10.6. The number of hydrogen-bond acceptors (Lipinski definition) is 2. The van der Waals surface area contributed by atoms with Crippen molar-refractivity contribution in [3.8, 4) is 0 Å². The zero-order chi connectivity index (χ0) is 11.1. The van der Waals surface area contributed by atoms with Gasteiger partial charge in [-0.1, -0.05) is 26.7 Å². The van der Waals surface area contributed by atoms with Crippen LogP contribution in [0, 0.1) is 0 Å². The summed E-state index contributed by atoms with van der Waals surface area (Å²) in [5, 5.41) is 3.76. The van der Waals surface area contributed by atoms with Crippen LogP contribution in [0.2, 0.25) is 0 Å². The summed E-state index contributed by atoms with van der Waals surface area (Å²) in [7, 11) is 0. The maximum atomic E-state index is 5.57. The largest absolute Gasteiger partial charge is 0.378 e. The molecule has 1 saturated carbocycles. The summed E-state index contributed by atoms with van der Waals surface area (Å²) in [6, 6.07) is 1.47. The lowest BCUT2D eigenvalue weighted by Gasteiger charge is -2.38. The van der Waals surface area contributed by atoms with Gasteiger partial charge in [0.25, 0.3) is 0 Å². The zero-order valence-corrected chi connectivity index (χ0v) is 10.6. The van der Waals surface area contributed by atoms with E-state index >= 15 is 0 Å². The molecule has 1 N–H and O–H groups in total. The Morgan fingerprint density at radius 3 is 2.20 bits per heavy atom. The third-order valence-electron chi connectivity index (χ3n) is 3.24. The highest BCUT2D eigenvalue weighted by Crippen LogP contribution is 2.24. The van der Waals surface area contributed by atoms with E-state index in [1.807, 2.05) is 0 Å². The van der Waals surface area contributed by atoms with Gasteiger partial charge >= 0.3 is 0 Å². The van der Waals surface area contributed by atoms with Gasteiger partial charge < -0.3 is 10.1 Å². The average molecular weight is 213 g/mol. The fourth-order valence-corrected chi connectivity index (χ4v) is 2.41. The van der Waals surface area contributed by atoms with Crippen molar-refractivity contribution >= 4 is 0 Å². The topological polar surface area (TPSA) is 21.3 Å². The van der Waals surface area contributed by atoms with E-state index in [1.165, 1.54) is 38.5 Å². The molecule has 0 aliphatic heterocycles. The minimum Gasteiger partial charge on any atom is -0.378 e. The van der Waals surface area contributed by atoms with Crippen molar-refractivity contribution in [2.24, 2.45) is 0 Å². The van der Waals surface area contributed by atoms with Crippen molar-refractivity contribution < 1.29 is 4.74 Å². The molecule has 0 aromatic rings. The molecule has 0 atom stereocenters. The van der Waals surface area contributed by atoms with E-state index in [0.717, 1.165) is 18.7 Å². The molecular weight excluding hydrogens is 186 g/mol. The molecule has 0 unspecified atom stereocenters. The van der Waals surface area contributed by atoms with Crippen LogP contribution in [0.5, 0.6) is 0 Å². The Morgan fingerprint density at radius 1 is 1.13 bits per heavy atom. The predicted molar refractivity (Wildman–Crippen MR) is 65.2 cm³/mol. The second-order valence-corrected chi connectivity index (χ2v) is 4.69. The fourth-order valence-electron chi connectivity index (χ4n) is 2.41. The van der Waals surface area contributed by atoms with Crippen molar-refractivity contribution in [3.05, 3.63) is 0 Å². The van der Waals surface area contributed by atoms with Gasteiger partial charge in [0.05, 0.1) is 6.10 Å². The molecule has 0 heterocycles. The van der Waals surface area contributed by atoms with Crippen LogP contribution < -0.4 is 5.32 Å². The van der Waals surface area contributed by atoms with Gasteiger partial charge in [-0.3, -0.25) is 0 Å². The molecule has 2 heteroatoms. The van der Waals surface area contributed by atoms with Crippen molar-refractivity contribution in [1.29, 1.82) is 0 Å². The average Bonchev–Trinajstić information content (AvgIpc) is 2.15. The third kappa shape index (κ3) is 4.52. The molecule has 15 heavy (non-hydrogen) atoms. The van der Waals surface area contributed by atoms with Crippen LogP contribution in [-0.4, -0.2) is 24.8 Å². The molecule has 0 spiro atoms. The number of hydrogen-bond donors (Lipinski definition) is 1. The highest BCUT2D eigenvalue weighted by atomic mass is 16.5. The summed E-state index contributed by atoms with van der Waals surface area (Å²) in [6.07, 6.45) is 8.21. The first-order valence-electron chi connectivity index (χ1n) is 6.67. The Morgan fingerprint density at radius 2 is 1.73 bits per heavy atom. The first kappa shape index (κ1) is 13.0. The minimum atomic E-state index is 0.538. The van der Waals surface area contributed by atoms with Crippen LogP contribution in [0.1, 0.15) is 59.3 Å². The summed E-state index contributed by atoms with van der Waals surface area (Å²) in [6.45, 7) is 7.49. The van der Waals surface area contributed by atoms with E-state index in [9.17, 15) is 0 Å². The third-order valence-corrected chi connectivity index (χ3v) is 3.24. The molecule has 0 aromatic carbocycles. The fraction of sp³-hybridized carbons (Fsp3) is 1.00. The maximum absolute atomic E-state index is 5.57.